The fraction of sp³-hybridized carbons (Fsp3) is 0.0909. The second kappa shape index (κ2) is 4.83. The highest BCUT2D eigenvalue weighted by atomic mass is 16.5. The van der Waals surface area contributed by atoms with E-state index >= 15 is 0 Å². The van der Waals surface area contributed by atoms with Crippen LogP contribution in [-0.4, -0.2) is 18.4 Å². The number of benzene rings is 1. The van der Waals surface area contributed by atoms with Gasteiger partial charge in [0.25, 0.3) is 0 Å². The lowest BCUT2D eigenvalue weighted by Gasteiger charge is -1.99. The molecule has 0 heterocycles. The molecule has 0 aliphatic heterocycles. The van der Waals surface area contributed by atoms with Crippen LogP contribution in [0, 0.1) is 12.3 Å². The molecule has 0 aliphatic rings. The zero-order valence-electron chi connectivity index (χ0n) is 7.40. The van der Waals surface area contributed by atoms with Gasteiger partial charge in [-0.25, -0.2) is 4.79 Å². The van der Waals surface area contributed by atoms with E-state index in [0.717, 1.165) is 0 Å². The van der Waals surface area contributed by atoms with E-state index in [1.54, 1.807) is 36.3 Å². The first kappa shape index (κ1) is 10.0. The Hall–Kier alpha value is -2.08. The van der Waals surface area contributed by atoms with E-state index in [-0.39, 0.29) is 12.4 Å². The van der Waals surface area contributed by atoms with Crippen LogP contribution in [0.15, 0.2) is 30.3 Å². The van der Waals surface area contributed by atoms with Crippen molar-refractivity contribution in [2.24, 2.45) is 0 Å². The summed E-state index contributed by atoms with van der Waals surface area (Å²) in [6, 6.07) is 8.55. The van der Waals surface area contributed by atoms with Gasteiger partial charge >= 0.3 is 5.97 Å². The number of esters is 1. The van der Waals surface area contributed by atoms with E-state index < -0.39 is 5.97 Å². The molecule has 0 saturated carbocycles. The molecule has 0 fully saturated rings. The molecule has 1 aromatic rings. The zero-order valence-corrected chi connectivity index (χ0v) is 7.40. The number of carbonyl (C=O) groups is 2. The Kier molecular flexibility index (Phi) is 3.45. The summed E-state index contributed by atoms with van der Waals surface area (Å²) in [6.07, 6.45) is 4.76. The van der Waals surface area contributed by atoms with Crippen molar-refractivity contribution in [2.75, 3.05) is 6.61 Å². The minimum atomic E-state index is -0.825. The highest BCUT2D eigenvalue weighted by molar-refractivity contribution is 5.99. The number of ether oxygens (including phenoxy) is 1. The Balaban J connectivity index is 2.53. The minimum Gasteiger partial charge on any atom is -0.448 e. The Labute approximate surface area is 81.7 Å². The number of hydrogen-bond acceptors (Lipinski definition) is 3. The van der Waals surface area contributed by atoms with E-state index in [9.17, 15) is 9.59 Å². The minimum absolute atomic E-state index is 0.269. The van der Waals surface area contributed by atoms with Gasteiger partial charge < -0.3 is 4.74 Å². The summed E-state index contributed by atoms with van der Waals surface area (Å²) in [4.78, 5) is 21.9. The fourth-order valence-corrected chi connectivity index (χ4v) is 0.880. The first-order chi connectivity index (χ1) is 6.74. The van der Waals surface area contributed by atoms with E-state index in [1.165, 1.54) is 0 Å². The predicted molar refractivity (Wildman–Crippen MR) is 50.6 cm³/mol. The Morgan fingerprint density at radius 2 is 1.93 bits per heavy atom. The summed E-state index contributed by atoms with van der Waals surface area (Å²) in [5.74, 6) is 0.664. The summed E-state index contributed by atoms with van der Waals surface area (Å²) in [5.41, 5.74) is 0.498. The molecule has 0 aromatic heterocycles. The van der Waals surface area contributed by atoms with Crippen LogP contribution in [0.3, 0.4) is 0 Å². The van der Waals surface area contributed by atoms with Crippen molar-refractivity contribution in [3.63, 3.8) is 0 Å². The predicted octanol–water partition coefficient (Wildman–Crippen LogP) is 1.05. The van der Waals surface area contributed by atoms with E-state index in [1.807, 2.05) is 0 Å². The molecule has 0 unspecified atom stereocenters. The SMILES string of the molecule is C#CC(=O)OCC(=O)c1ccccc1. The van der Waals surface area contributed by atoms with Gasteiger partial charge in [0.2, 0.25) is 0 Å². The number of terminal acetylenes is 1. The van der Waals surface area contributed by atoms with Gasteiger partial charge in [0, 0.05) is 11.5 Å². The zero-order chi connectivity index (χ0) is 10.4. The second-order valence-corrected chi connectivity index (χ2v) is 2.51. The van der Waals surface area contributed by atoms with Gasteiger partial charge in [-0.3, -0.25) is 4.79 Å². The van der Waals surface area contributed by atoms with Gasteiger partial charge in [0.05, 0.1) is 0 Å². The van der Waals surface area contributed by atoms with Crippen molar-refractivity contribution in [3.8, 4) is 12.3 Å². The van der Waals surface area contributed by atoms with Crippen LogP contribution in [0.4, 0.5) is 0 Å². The summed E-state index contributed by atoms with van der Waals surface area (Å²) >= 11 is 0. The Bertz CT molecular complexity index is 373. The summed E-state index contributed by atoms with van der Waals surface area (Å²) < 4.78 is 4.48. The van der Waals surface area contributed by atoms with Crippen LogP contribution in [0.5, 0.6) is 0 Å². The average Bonchev–Trinajstić information content (AvgIpc) is 2.26. The number of Topliss-reactive ketones (excluding diaryl/α,β-unsaturated/α-hetero) is 1. The monoisotopic (exact) mass is 188 g/mol. The molecule has 3 nitrogen and oxygen atoms in total. The molecule has 0 amide bonds. The Morgan fingerprint density at radius 1 is 1.29 bits per heavy atom. The fourth-order valence-electron chi connectivity index (χ4n) is 0.880. The Morgan fingerprint density at radius 3 is 2.50 bits per heavy atom. The van der Waals surface area contributed by atoms with Crippen molar-refractivity contribution in [1.82, 2.24) is 0 Å². The molecular weight excluding hydrogens is 180 g/mol. The largest absolute Gasteiger partial charge is 0.448 e. The smallest absolute Gasteiger partial charge is 0.384 e. The maximum Gasteiger partial charge on any atom is 0.384 e. The molecule has 0 aliphatic carbocycles. The van der Waals surface area contributed by atoms with Crippen molar-refractivity contribution < 1.29 is 14.3 Å². The summed E-state index contributed by atoms with van der Waals surface area (Å²) in [6.45, 7) is -0.312. The van der Waals surface area contributed by atoms with Gasteiger partial charge in [-0.15, -0.1) is 6.42 Å². The molecule has 3 heteroatoms. The van der Waals surface area contributed by atoms with Crippen LogP contribution in [0.1, 0.15) is 10.4 Å². The van der Waals surface area contributed by atoms with E-state index in [4.69, 9.17) is 6.42 Å². The molecule has 0 spiro atoms. The van der Waals surface area contributed by atoms with Crippen molar-refractivity contribution in [2.45, 2.75) is 0 Å². The number of rotatable bonds is 3. The summed E-state index contributed by atoms with van der Waals surface area (Å²) in [5, 5.41) is 0. The molecular formula is C11H8O3. The third kappa shape index (κ3) is 2.76. The second-order valence-electron chi connectivity index (χ2n) is 2.51. The molecule has 0 saturated heterocycles. The first-order valence-electron chi connectivity index (χ1n) is 3.95. The average molecular weight is 188 g/mol. The molecule has 0 N–H and O–H groups in total. The van der Waals surface area contributed by atoms with Gasteiger partial charge in [-0.1, -0.05) is 30.3 Å². The van der Waals surface area contributed by atoms with Crippen LogP contribution < -0.4 is 0 Å². The lowest BCUT2D eigenvalue weighted by atomic mass is 10.1. The maximum absolute atomic E-state index is 11.3. The van der Waals surface area contributed by atoms with Crippen molar-refractivity contribution in [1.29, 1.82) is 0 Å². The van der Waals surface area contributed by atoms with Crippen LogP contribution in [0.2, 0.25) is 0 Å². The first-order valence-corrected chi connectivity index (χ1v) is 3.95. The molecule has 0 atom stereocenters. The van der Waals surface area contributed by atoms with E-state index in [2.05, 4.69) is 4.74 Å². The third-order valence-corrected chi connectivity index (χ3v) is 1.55. The lowest BCUT2D eigenvalue weighted by Crippen LogP contribution is -2.12. The number of carbonyl (C=O) groups excluding carboxylic acids is 2. The van der Waals surface area contributed by atoms with Crippen LogP contribution in [-0.2, 0) is 9.53 Å². The van der Waals surface area contributed by atoms with Crippen molar-refractivity contribution in [3.05, 3.63) is 35.9 Å². The molecule has 70 valence electrons. The maximum atomic E-state index is 11.3. The van der Waals surface area contributed by atoms with Crippen molar-refractivity contribution >= 4 is 11.8 Å². The topological polar surface area (TPSA) is 43.4 Å². The number of hydrogen-bond donors (Lipinski definition) is 0. The van der Waals surface area contributed by atoms with E-state index in [0.29, 0.717) is 5.56 Å². The molecule has 0 bridgehead atoms. The standard InChI is InChI=1S/C11H8O3/c1-2-11(13)14-8-10(12)9-6-4-3-5-7-9/h1,3-7H,8H2. The quantitative estimate of drug-likeness (QED) is 0.308. The molecule has 0 radical (unpaired) electrons. The lowest BCUT2D eigenvalue weighted by molar-refractivity contribution is -0.135. The van der Waals surface area contributed by atoms with Crippen LogP contribution >= 0.6 is 0 Å². The molecule has 1 rings (SSSR count). The molecule has 1 aromatic carbocycles. The normalized spacial score (nSPS) is 8.79. The van der Waals surface area contributed by atoms with Gasteiger partial charge in [-0.2, -0.15) is 0 Å². The molecule has 14 heavy (non-hydrogen) atoms. The van der Waals surface area contributed by atoms with Gasteiger partial charge in [0.15, 0.2) is 12.4 Å². The van der Waals surface area contributed by atoms with Gasteiger partial charge in [0.1, 0.15) is 0 Å². The highest BCUT2D eigenvalue weighted by Gasteiger charge is 2.06. The van der Waals surface area contributed by atoms with Crippen LogP contribution in [0.25, 0.3) is 0 Å². The number of ketones is 1. The third-order valence-electron chi connectivity index (χ3n) is 1.55. The summed E-state index contributed by atoms with van der Waals surface area (Å²) in [7, 11) is 0. The van der Waals surface area contributed by atoms with Gasteiger partial charge in [-0.05, 0) is 0 Å². The highest BCUT2D eigenvalue weighted by Crippen LogP contribution is 1.99.